The van der Waals surface area contributed by atoms with Crippen LogP contribution in [0.25, 0.3) is 0 Å². The van der Waals surface area contributed by atoms with Crippen LogP contribution < -0.4 is 5.73 Å². The lowest BCUT2D eigenvalue weighted by Gasteiger charge is -2.34. The summed E-state index contributed by atoms with van der Waals surface area (Å²) in [5.41, 5.74) is 5.55. The van der Waals surface area contributed by atoms with E-state index >= 15 is 0 Å². The SMILES string of the molecule is Cc1nc(C(N)=O)cn1C1CC(C)C1. The fourth-order valence-corrected chi connectivity index (χ4v) is 2.06. The number of carbonyl (C=O) groups excluding carboxylic acids is 1. The predicted octanol–water partition coefficient (Wildman–Crippen LogP) is 1.26. The molecule has 4 nitrogen and oxygen atoms in total. The van der Waals surface area contributed by atoms with E-state index in [-0.39, 0.29) is 0 Å². The van der Waals surface area contributed by atoms with Crippen molar-refractivity contribution in [3.05, 3.63) is 17.7 Å². The molecule has 0 bridgehead atoms. The van der Waals surface area contributed by atoms with Crippen LogP contribution in [0.15, 0.2) is 6.20 Å². The molecule has 1 fully saturated rings. The van der Waals surface area contributed by atoms with E-state index in [0.717, 1.165) is 11.7 Å². The molecule has 1 amide bonds. The summed E-state index contributed by atoms with van der Waals surface area (Å²) in [6, 6.07) is 0.519. The summed E-state index contributed by atoms with van der Waals surface area (Å²) >= 11 is 0. The molecule has 1 aliphatic carbocycles. The summed E-state index contributed by atoms with van der Waals surface area (Å²) in [4.78, 5) is 15.0. The van der Waals surface area contributed by atoms with Crippen molar-refractivity contribution < 1.29 is 4.79 Å². The fourth-order valence-electron chi connectivity index (χ4n) is 2.06. The van der Waals surface area contributed by atoms with Crippen molar-refractivity contribution in [1.82, 2.24) is 9.55 Å². The minimum atomic E-state index is -0.445. The number of primary amides is 1. The number of nitrogens with two attached hydrogens (primary N) is 1. The van der Waals surface area contributed by atoms with E-state index in [1.54, 1.807) is 6.20 Å². The zero-order valence-electron chi connectivity index (χ0n) is 8.53. The number of amides is 1. The van der Waals surface area contributed by atoms with Crippen molar-refractivity contribution >= 4 is 5.91 Å². The van der Waals surface area contributed by atoms with Crippen LogP contribution in [0.2, 0.25) is 0 Å². The van der Waals surface area contributed by atoms with Crippen molar-refractivity contribution in [2.45, 2.75) is 32.7 Å². The van der Waals surface area contributed by atoms with Crippen LogP contribution in [-0.4, -0.2) is 15.5 Å². The quantitative estimate of drug-likeness (QED) is 0.768. The van der Waals surface area contributed by atoms with Gasteiger partial charge in [0.25, 0.3) is 5.91 Å². The van der Waals surface area contributed by atoms with Crippen LogP contribution in [0.5, 0.6) is 0 Å². The Morgan fingerprint density at radius 1 is 1.64 bits per heavy atom. The van der Waals surface area contributed by atoms with Gasteiger partial charge in [0.15, 0.2) is 0 Å². The first kappa shape index (κ1) is 9.24. The van der Waals surface area contributed by atoms with Crippen LogP contribution >= 0.6 is 0 Å². The molecule has 1 heterocycles. The van der Waals surface area contributed by atoms with Crippen molar-refractivity contribution in [3.8, 4) is 0 Å². The number of aryl methyl sites for hydroxylation is 1. The van der Waals surface area contributed by atoms with E-state index in [4.69, 9.17) is 5.73 Å². The number of rotatable bonds is 2. The van der Waals surface area contributed by atoms with Gasteiger partial charge in [0.05, 0.1) is 0 Å². The summed E-state index contributed by atoms with van der Waals surface area (Å²) in [6.07, 6.45) is 4.12. The van der Waals surface area contributed by atoms with Gasteiger partial charge in [-0.2, -0.15) is 0 Å². The standard InChI is InChI=1S/C10H15N3O/c1-6-3-8(4-6)13-5-9(10(11)14)12-7(13)2/h5-6,8H,3-4H2,1-2H3,(H2,11,14). The van der Waals surface area contributed by atoms with E-state index in [2.05, 4.69) is 16.5 Å². The molecule has 0 radical (unpaired) electrons. The van der Waals surface area contributed by atoms with E-state index in [9.17, 15) is 4.79 Å². The molecule has 1 saturated carbocycles. The Hall–Kier alpha value is -1.32. The van der Waals surface area contributed by atoms with Crippen LogP contribution in [0.1, 0.15) is 42.1 Å². The first-order chi connectivity index (χ1) is 6.58. The average Bonchev–Trinajstić information content (AvgIpc) is 2.42. The Morgan fingerprint density at radius 3 is 2.71 bits per heavy atom. The molecule has 0 atom stereocenters. The summed E-state index contributed by atoms with van der Waals surface area (Å²) < 4.78 is 2.07. The third kappa shape index (κ3) is 1.41. The molecular weight excluding hydrogens is 178 g/mol. The van der Waals surface area contributed by atoms with E-state index < -0.39 is 5.91 Å². The average molecular weight is 193 g/mol. The van der Waals surface area contributed by atoms with Crippen molar-refractivity contribution in [3.63, 3.8) is 0 Å². The molecule has 2 N–H and O–H groups in total. The summed E-state index contributed by atoms with van der Waals surface area (Å²) in [5.74, 6) is 1.23. The molecule has 0 spiro atoms. The highest BCUT2D eigenvalue weighted by Gasteiger charge is 2.28. The van der Waals surface area contributed by atoms with Gasteiger partial charge in [0.2, 0.25) is 0 Å². The van der Waals surface area contributed by atoms with Crippen molar-refractivity contribution in [2.75, 3.05) is 0 Å². The third-order valence-corrected chi connectivity index (χ3v) is 2.91. The molecule has 2 rings (SSSR count). The van der Waals surface area contributed by atoms with Gasteiger partial charge < -0.3 is 10.3 Å². The Bertz CT molecular complexity index is 363. The lowest BCUT2D eigenvalue weighted by Crippen LogP contribution is -2.25. The second-order valence-electron chi connectivity index (χ2n) is 4.18. The van der Waals surface area contributed by atoms with Gasteiger partial charge in [-0.25, -0.2) is 4.98 Å². The fraction of sp³-hybridized carbons (Fsp3) is 0.600. The zero-order chi connectivity index (χ0) is 10.3. The molecule has 1 aromatic heterocycles. The predicted molar refractivity (Wildman–Crippen MR) is 52.9 cm³/mol. The summed E-state index contributed by atoms with van der Waals surface area (Å²) in [7, 11) is 0. The van der Waals surface area contributed by atoms with Crippen molar-refractivity contribution in [1.29, 1.82) is 0 Å². The lowest BCUT2D eigenvalue weighted by atomic mass is 9.81. The highest BCUT2D eigenvalue weighted by molar-refractivity contribution is 5.90. The van der Waals surface area contributed by atoms with Gasteiger partial charge in [0, 0.05) is 12.2 Å². The molecule has 1 aromatic rings. The first-order valence-corrected chi connectivity index (χ1v) is 4.93. The molecule has 0 aliphatic heterocycles. The highest BCUT2D eigenvalue weighted by atomic mass is 16.1. The van der Waals surface area contributed by atoms with Crippen molar-refractivity contribution in [2.24, 2.45) is 11.7 Å². The van der Waals surface area contributed by atoms with Gasteiger partial charge in [-0.1, -0.05) is 6.92 Å². The maximum Gasteiger partial charge on any atom is 0.268 e. The van der Waals surface area contributed by atoms with E-state index in [0.29, 0.717) is 11.7 Å². The third-order valence-electron chi connectivity index (χ3n) is 2.91. The Morgan fingerprint density at radius 2 is 2.29 bits per heavy atom. The number of imidazole rings is 1. The Kier molecular flexibility index (Phi) is 2.06. The molecule has 0 saturated heterocycles. The van der Waals surface area contributed by atoms with E-state index in [1.165, 1.54) is 12.8 Å². The first-order valence-electron chi connectivity index (χ1n) is 4.93. The smallest absolute Gasteiger partial charge is 0.268 e. The molecular formula is C10H15N3O. The Balaban J connectivity index is 2.22. The molecule has 0 unspecified atom stereocenters. The second-order valence-corrected chi connectivity index (χ2v) is 4.18. The number of nitrogens with zero attached hydrogens (tertiary/aromatic N) is 2. The van der Waals surface area contributed by atoms with Gasteiger partial charge in [-0.05, 0) is 25.7 Å². The van der Waals surface area contributed by atoms with Crippen LogP contribution in [-0.2, 0) is 0 Å². The summed E-state index contributed by atoms with van der Waals surface area (Å²) in [5, 5.41) is 0. The maximum atomic E-state index is 10.9. The second kappa shape index (κ2) is 3.12. The molecule has 76 valence electrons. The highest BCUT2D eigenvalue weighted by Crippen LogP contribution is 2.37. The van der Waals surface area contributed by atoms with Gasteiger partial charge in [-0.3, -0.25) is 4.79 Å². The molecule has 0 aromatic carbocycles. The van der Waals surface area contributed by atoms with Gasteiger partial charge in [-0.15, -0.1) is 0 Å². The monoisotopic (exact) mass is 193 g/mol. The molecule has 4 heteroatoms. The van der Waals surface area contributed by atoms with Gasteiger partial charge >= 0.3 is 0 Å². The number of hydrogen-bond acceptors (Lipinski definition) is 2. The Labute approximate surface area is 83.1 Å². The van der Waals surface area contributed by atoms with Gasteiger partial charge in [0.1, 0.15) is 11.5 Å². The number of aromatic nitrogens is 2. The topological polar surface area (TPSA) is 60.9 Å². The zero-order valence-corrected chi connectivity index (χ0v) is 8.53. The van der Waals surface area contributed by atoms with Crippen LogP contribution in [0.3, 0.4) is 0 Å². The van der Waals surface area contributed by atoms with E-state index in [1.807, 2.05) is 6.92 Å². The molecule has 1 aliphatic rings. The van der Waals surface area contributed by atoms with Crippen LogP contribution in [0, 0.1) is 12.8 Å². The largest absolute Gasteiger partial charge is 0.364 e. The number of hydrogen-bond donors (Lipinski definition) is 1. The normalized spacial score (nSPS) is 25.9. The van der Waals surface area contributed by atoms with Crippen LogP contribution in [0.4, 0.5) is 0 Å². The summed E-state index contributed by atoms with van der Waals surface area (Å²) in [6.45, 7) is 4.15. The molecule has 14 heavy (non-hydrogen) atoms. The minimum absolute atomic E-state index is 0.377. The lowest BCUT2D eigenvalue weighted by molar-refractivity contribution is 0.0995. The maximum absolute atomic E-state index is 10.9. The minimum Gasteiger partial charge on any atom is -0.364 e. The number of carbonyl (C=O) groups is 1.